The Morgan fingerprint density at radius 2 is 1.88 bits per heavy atom. The van der Waals surface area contributed by atoms with Crippen molar-refractivity contribution in [2.45, 2.75) is 37.4 Å². The van der Waals surface area contributed by atoms with Gasteiger partial charge in [0.1, 0.15) is 5.54 Å². The molecule has 2 aliphatic rings. The van der Waals surface area contributed by atoms with Gasteiger partial charge in [0, 0.05) is 0 Å². The molecule has 2 fully saturated rings. The van der Waals surface area contributed by atoms with Crippen molar-refractivity contribution in [3.8, 4) is 0 Å². The third kappa shape index (κ3) is 1.50. The molecule has 0 heterocycles. The van der Waals surface area contributed by atoms with E-state index in [4.69, 9.17) is 5.73 Å². The molecule has 2 saturated carbocycles. The average molecular weight is 237 g/mol. The molecule has 2 rings (SSSR count). The van der Waals surface area contributed by atoms with Crippen molar-refractivity contribution in [1.29, 1.82) is 0 Å². The second kappa shape index (κ2) is 3.12. The SMILES string of the molecule is COC(=O)C1CC2(C1)CC(N)(C(F)(F)F)C2. The molecular formula is C10H14F3NO2. The quantitative estimate of drug-likeness (QED) is 0.705. The molecule has 0 aliphatic heterocycles. The third-order valence-corrected chi connectivity index (χ3v) is 3.84. The molecule has 0 saturated heterocycles. The predicted molar refractivity (Wildman–Crippen MR) is 49.4 cm³/mol. The number of hydrogen-bond acceptors (Lipinski definition) is 3. The van der Waals surface area contributed by atoms with Gasteiger partial charge in [0.15, 0.2) is 0 Å². The van der Waals surface area contributed by atoms with E-state index in [1.165, 1.54) is 7.11 Å². The van der Waals surface area contributed by atoms with Gasteiger partial charge in [-0.05, 0) is 31.1 Å². The minimum atomic E-state index is -4.34. The summed E-state index contributed by atoms with van der Waals surface area (Å²) in [5.74, 6) is -0.560. The maximum Gasteiger partial charge on any atom is 0.406 e. The lowest BCUT2D eigenvalue weighted by Crippen LogP contribution is -2.69. The minimum Gasteiger partial charge on any atom is -0.469 e. The molecule has 1 spiro atoms. The Morgan fingerprint density at radius 1 is 1.38 bits per heavy atom. The smallest absolute Gasteiger partial charge is 0.406 e. The van der Waals surface area contributed by atoms with E-state index < -0.39 is 11.7 Å². The first-order chi connectivity index (χ1) is 7.21. The fourth-order valence-corrected chi connectivity index (χ4v) is 3.09. The van der Waals surface area contributed by atoms with Gasteiger partial charge in [0.2, 0.25) is 0 Å². The highest BCUT2D eigenvalue weighted by molar-refractivity contribution is 5.73. The molecule has 0 radical (unpaired) electrons. The Bertz CT molecular complexity index is 313. The van der Waals surface area contributed by atoms with Crippen molar-refractivity contribution in [2.24, 2.45) is 17.1 Å². The summed E-state index contributed by atoms with van der Waals surface area (Å²) in [4.78, 5) is 11.1. The Hall–Kier alpha value is -0.780. The minimum absolute atomic E-state index is 0.0585. The summed E-state index contributed by atoms with van der Waals surface area (Å²) in [6, 6.07) is 0. The number of ether oxygens (including phenoxy) is 1. The molecule has 0 unspecified atom stereocenters. The molecule has 16 heavy (non-hydrogen) atoms. The zero-order valence-electron chi connectivity index (χ0n) is 8.93. The number of esters is 1. The highest BCUT2D eigenvalue weighted by Crippen LogP contribution is 2.65. The zero-order chi connectivity index (χ0) is 12.2. The van der Waals surface area contributed by atoms with Crippen LogP contribution < -0.4 is 5.73 Å². The van der Waals surface area contributed by atoms with Gasteiger partial charge in [-0.25, -0.2) is 0 Å². The van der Waals surface area contributed by atoms with E-state index in [0.717, 1.165) is 0 Å². The highest BCUT2D eigenvalue weighted by atomic mass is 19.4. The van der Waals surface area contributed by atoms with Crippen LogP contribution in [0.25, 0.3) is 0 Å². The van der Waals surface area contributed by atoms with Crippen LogP contribution in [0.2, 0.25) is 0 Å². The molecule has 0 atom stereocenters. The van der Waals surface area contributed by atoms with Crippen LogP contribution in [0.4, 0.5) is 13.2 Å². The Morgan fingerprint density at radius 3 is 2.25 bits per heavy atom. The lowest BCUT2D eigenvalue weighted by molar-refractivity contribution is -0.253. The first kappa shape index (κ1) is 11.7. The van der Waals surface area contributed by atoms with Gasteiger partial charge >= 0.3 is 12.1 Å². The molecule has 0 aromatic heterocycles. The maximum atomic E-state index is 12.5. The van der Waals surface area contributed by atoms with E-state index in [1.54, 1.807) is 0 Å². The lowest BCUT2D eigenvalue weighted by atomic mass is 9.45. The molecule has 2 N–H and O–H groups in total. The molecule has 2 aliphatic carbocycles. The largest absolute Gasteiger partial charge is 0.469 e. The van der Waals surface area contributed by atoms with Gasteiger partial charge in [-0.15, -0.1) is 0 Å². The number of alkyl halides is 3. The number of nitrogens with two attached hydrogens (primary N) is 1. The van der Waals surface area contributed by atoms with Gasteiger partial charge in [0.05, 0.1) is 13.0 Å². The zero-order valence-corrected chi connectivity index (χ0v) is 8.93. The Balaban J connectivity index is 1.89. The first-order valence-electron chi connectivity index (χ1n) is 5.15. The van der Waals surface area contributed by atoms with E-state index in [2.05, 4.69) is 4.74 Å². The van der Waals surface area contributed by atoms with Crippen LogP contribution in [0.15, 0.2) is 0 Å². The molecule has 92 valence electrons. The van der Waals surface area contributed by atoms with Crippen molar-refractivity contribution in [1.82, 2.24) is 0 Å². The first-order valence-corrected chi connectivity index (χ1v) is 5.15. The van der Waals surface area contributed by atoms with E-state index >= 15 is 0 Å². The summed E-state index contributed by atoms with van der Waals surface area (Å²) < 4.78 is 42.0. The number of methoxy groups -OCH3 is 1. The third-order valence-electron chi connectivity index (χ3n) is 3.84. The number of hydrogen-bond donors (Lipinski definition) is 1. The van der Waals surface area contributed by atoms with Crippen molar-refractivity contribution < 1.29 is 22.7 Å². The molecule has 0 aromatic rings. The Labute approximate surface area is 91.1 Å². The Kier molecular flexibility index (Phi) is 2.28. The van der Waals surface area contributed by atoms with Crippen LogP contribution in [-0.2, 0) is 9.53 Å². The summed E-state index contributed by atoms with van der Waals surface area (Å²) in [6.07, 6.45) is -3.49. The lowest BCUT2D eigenvalue weighted by Gasteiger charge is -2.61. The van der Waals surface area contributed by atoms with E-state index in [9.17, 15) is 18.0 Å². The van der Waals surface area contributed by atoms with Crippen LogP contribution in [0.1, 0.15) is 25.7 Å². The van der Waals surface area contributed by atoms with Crippen molar-refractivity contribution >= 4 is 5.97 Å². The average Bonchev–Trinajstić information content (AvgIpc) is 2.05. The maximum absolute atomic E-state index is 12.5. The van der Waals surface area contributed by atoms with Crippen LogP contribution in [0, 0.1) is 11.3 Å². The number of carbonyl (C=O) groups excluding carboxylic acids is 1. The summed E-state index contributed by atoms with van der Waals surface area (Å²) in [5.41, 5.74) is 2.89. The topological polar surface area (TPSA) is 52.3 Å². The van der Waals surface area contributed by atoms with Crippen LogP contribution in [0.3, 0.4) is 0 Å². The van der Waals surface area contributed by atoms with Gasteiger partial charge in [0.25, 0.3) is 0 Å². The fourth-order valence-electron chi connectivity index (χ4n) is 3.09. The second-order valence-corrected chi connectivity index (χ2v) is 5.14. The number of carbonyl (C=O) groups is 1. The molecular weight excluding hydrogens is 223 g/mol. The normalized spacial score (nSPS) is 42.4. The van der Waals surface area contributed by atoms with Crippen molar-refractivity contribution in [2.75, 3.05) is 7.11 Å². The summed E-state index contributed by atoms with van der Waals surface area (Å²) in [7, 11) is 1.29. The van der Waals surface area contributed by atoms with Gasteiger partial charge in [-0.2, -0.15) is 13.2 Å². The molecule has 0 aromatic carbocycles. The molecule has 6 heteroatoms. The molecule has 0 amide bonds. The predicted octanol–water partition coefficient (Wildman–Crippen LogP) is 1.61. The van der Waals surface area contributed by atoms with E-state index in [1.807, 2.05) is 0 Å². The summed E-state index contributed by atoms with van der Waals surface area (Å²) in [5, 5.41) is 0. The fraction of sp³-hybridized carbons (Fsp3) is 0.900. The van der Waals surface area contributed by atoms with E-state index in [-0.39, 0.29) is 30.1 Å². The monoisotopic (exact) mass is 237 g/mol. The standard InChI is InChI=1S/C10H14F3NO2/c1-16-7(15)6-2-8(3-6)4-9(14,5-8)10(11,12)13/h6H,2-5,14H2,1H3. The number of rotatable bonds is 1. The van der Waals surface area contributed by atoms with E-state index in [0.29, 0.717) is 12.8 Å². The van der Waals surface area contributed by atoms with Crippen molar-refractivity contribution in [3.05, 3.63) is 0 Å². The van der Waals surface area contributed by atoms with Crippen LogP contribution in [-0.4, -0.2) is 24.8 Å². The molecule has 0 bridgehead atoms. The van der Waals surface area contributed by atoms with Gasteiger partial charge < -0.3 is 10.5 Å². The number of halogens is 3. The highest BCUT2D eigenvalue weighted by Gasteiger charge is 2.69. The second-order valence-electron chi connectivity index (χ2n) is 5.14. The van der Waals surface area contributed by atoms with Crippen molar-refractivity contribution in [3.63, 3.8) is 0 Å². The van der Waals surface area contributed by atoms with Crippen LogP contribution >= 0.6 is 0 Å². The summed E-state index contributed by atoms with van der Waals surface area (Å²) >= 11 is 0. The molecule has 3 nitrogen and oxygen atoms in total. The summed E-state index contributed by atoms with van der Waals surface area (Å²) in [6.45, 7) is 0. The van der Waals surface area contributed by atoms with Crippen LogP contribution in [0.5, 0.6) is 0 Å². The van der Waals surface area contributed by atoms with Gasteiger partial charge in [-0.1, -0.05) is 0 Å². The van der Waals surface area contributed by atoms with Gasteiger partial charge in [-0.3, -0.25) is 4.79 Å².